The van der Waals surface area contributed by atoms with Crippen molar-refractivity contribution in [1.29, 1.82) is 0 Å². The lowest BCUT2D eigenvalue weighted by molar-refractivity contribution is 0.0654. The third-order valence-electron chi connectivity index (χ3n) is 4.63. The molecule has 1 saturated heterocycles. The molecule has 0 aromatic carbocycles. The third kappa shape index (κ3) is 2.38. The summed E-state index contributed by atoms with van der Waals surface area (Å²) in [4.78, 5) is 25.4. The molecule has 0 spiro atoms. The minimum atomic E-state index is -0.0943. The van der Waals surface area contributed by atoms with Crippen molar-refractivity contribution in [2.24, 2.45) is 0 Å². The van der Waals surface area contributed by atoms with Crippen molar-refractivity contribution in [3.8, 4) is 0 Å². The molecule has 23 heavy (non-hydrogen) atoms. The first-order chi connectivity index (χ1) is 11.1. The molecular weight excluding hydrogens is 328 g/mol. The molecule has 1 amide bonds. The summed E-state index contributed by atoms with van der Waals surface area (Å²) in [5.74, 6) is 1.11. The van der Waals surface area contributed by atoms with E-state index < -0.39 is 0 Å². The van der Waals surface area contributed by atoms with Gasteiger partial charge in [0.25, 0.3) is 5.91 Å². The number of likely N-dealkylation sites (tertiary alicyclic amines) is 1. The molecule has 0 saturated carbocycles. The van der Waals surface area contributed by atoms with E-state index in [1.165, 1.54) is 16.2 Å². The molecule has 0 aliphatic carbocycles. The van der Waals surface area contributed by atoms with Crippen molar-refractivity contribution in [2.75, 3.05) is 13.1 Å². The van der Waals surface area contributed by atoms with E-state index >= 15 is 0 Å². The summed E-state index contributed by atoms with van der Waals surface area (Å²) in [6, 6.07) is 0. The Labute approximate surface area is 142 Å². The number of aromatic nitrogens is 3. The van der Waals surface area contributed by atoms with E-state index in [1.807, 2.05) is 11.8 Å². The maximum absolute atomic E-state index is 12.7. The molecule has 5 nitrogen and oxygen atoms in total. The Balaban J connectivity index is 1.68. The van der Waals surface area contributed by atoms with Crippen LogP contribution in [0.2, 0.25) is 0 Å². The molecule has 0 bridgehead atoms. The quantitative estimate of drug-likeness (QED) is 0.715. The van der Waals surface area contributed by atoms with Gasteiger partial charge in [-0.2, -0.15) is 0 Å². The molecule has 0 unspecified atom stereocenters. The first-order valence-electron chi connectivity index (χ1n) is 7.69. The topological polar surface area (TPSA) is 50.5 Å². The molecule has 7 heteroatoms. The van der Waals surface area contributed by atoms with Gasteiger partial charge in [-0.1, -0.05) is 6.92 Å². The number of carbonyl (C=O) groups is 1. The highest BCUT2D eigenvalue weighted by Crippen LogP contribution is 2.37. The van der Waals surface area contributed by atoms with Crippen LogP contribution in [0, 0.1) is 6.92 Å². The van der Waals surface area contributed by atoms with E-state index in [2.05, 4.69) is 27.9 Å². The van der Waals surface area contributed by atoms with Crippen LogP contribution >= 0.6 is 22.7 Å². The highest BCUT2D eigenvalue weighted by atomic mass is 32.1. The smallest absolute Gasteiger partial charge is 0.265 e. The highest BCUT2D eigenvalue weighted by molar-refractivity contribution is 7.15. The second-order valence-corrected chi connectivity index (χ2v) is 8.12. The normalized spacial score (nSPS) is 21.9. The fourth-order valence-electron chi connectivity index (χ4n) is 3.44. The fraction of sp³-hybridized carbons (Fsp3) is 0.438. The van der Waals surface area contributed by atoms with Gasteiger partial charge in [0.05, 0.1) is 17.4 Å². The number of hydrogen-bond acceptors (Lipinski definition) is 5. The Morgan fingerprint density at radius 1 is 1.39 bits per heavy atom. The highest BCUT2D eigenvalue weighted by Gasteiger charge is 2.38. The summed E-state index contributed by atoms with van der Waals surface area (Å²) in [6.07, 6.45) is 5.80. The molecule has 0 N–H and O–H groups in total. The maximum atomic E-state index is 12.7. The summed E-state index contributed by atoms with van der Waals surface area (Å²) in [5, 5.41) is 2.10. The average molecular weight is 346 g/mol. The summed E-state index contributed by atoms with van der Waals surface area (Å²) in [7, 11) is 0. The summed E-state index contributed by atoms with van der Waals surface area (Å²) >= 11 is 3.13. The molecule has 3 aromatic heterocycles. The van der Waals surface area contributed by atoms with Crippen LogP contribution in [-0.2, 0) is 5.41 Å². The van der Waals surface area contributed by atoms with Crippen molar-refractivity contribution in [3.05, 3.63) is 39.7 Å². The Bertz CT molecular complexity index is 851. The lowest BCUT2D eigenvalue weighted by Gasteiger charge is -2.39. The van der Waals surface area contributed by atoms with Crippen LogP contribution < -0.4 is 0 Å². The Morgan fingerprint density at radius 3 is 3.04 bits per heavy atom. The largest absolute Gasteiger partial charge is 0.337 e. The van der Waals surface area contributed by atoms with Gasteiger partial charge in [-0.05, 0) is 19.8 Å². The fourth-order valence-corrected chi connectivity index (χ4v) is 5.05. The van der Waals surface area contributed by atoms with Crippen LogP contribution in [0.4, 0.5) is 0 Å². The van der Waals surface area contributed by atoms with Gasteiger partial charge in [-0.15, -0.1) is 22.7 Å². The summed E-state index contributed by atoms with van der Waals surface area (Å²) in [5.41, 5.74) is 2.75. The number of nitrogens with zero attached hydrogens (tertiary/aromatic N) is 4. The molecule has 1 fully saturated rings. The second-order valence-electron chi connectivity index (χ2n) is 6.34. The van der Waals surface area contributed by atoms with E-state index in [1.54, 1.807) is 23.0 Å². The number of aryl methyl sites for hydroxylation is 1. The lowest BCUT2D eigenvalue weighted by atomic mass is 9.79. The number of amides is 1. The van der Waals surface area contributed by atoms with Crippen molar-refractivity contribution in [2.45, 2.75) is 32.1 Å². The van der Waals surface area contributed by atoms with E-state index in [0.29, 0.717) is 6.54 Å². The SMILES string of the molecule is Cc1nc([C@@]2(C)CCCN(C(=O)c3cncs3)C2)c2sccn12. The van der Waals surface area contributed by atoms with Gasteiger partial charge in [0.2, 0.25) is 0 Å². The summed E-state index contributed by atoms with van der Waals surface area (Å²) < 4.78 is 2.15. The standard InChI is InChI=1S/C16H18N4OS2/c1-11-18-13(15-20(11)6-7-22-15)16(2)4-3-5-19(9-16)14(21)12-8-17-10-23-12/h6-8,10H,3-5,9H2,1-2H3/t16-/m0/s1. The van der Waals surface area contributed by atoms with E-state index in [0.717, 1.165) is 35.8 Å². The molecule has 3 aromatic rings. The summed E-state index contributed by atoms with van der Waals surface area (Å²) in [6.45, 7) is 5.80. The predicted octanol–water partition coefficient (Wildman–Crippen LogP) is 3.35. The molecule has 0 radical (unpaired) electrons. The number of hydrogen-bond donors (Lipinski definition) is 0. The predicted molar refractivity (Wildman–Crippen MR) is 92.4 cm³/mol. The van der Waals surface area contributed by atoms with Gasteiger partial charge in [-0.25, -0.2) is 4.98 Å². The Hall–Kier alpha value is -1.73. The monoisotopic (exact) mass is 346 g/mol. The number of carbonyl (C=O) groups excluding carboxylic acids is 1. The van der Waals surface area contributed by atoms with Crippen LogP contribution in [0.15, 0.2) is 23.3 Å². The van der Waals surface area contributed by atoms with Gasteiger partial charge in [0, 0.05) is 30.1 Å². The lowest BCUT2D eigenvalue weighted by Crippen LogP contribution is -2.47. The van der Waals surface area contributed by atoms with Gasteiger partial charge in [-0.3, -0.25) is 14.2 Å². The van der Waals surface area contributed by atoms with Gasteiger partial charge < -0.3 is 4.90 Å². The first kappa shape index (κ1) is 14.8. The zero-order chi connectivity index (χ0) is 16.0. The molecular formula is C16H18N4OS2. The van der Waals surface area contributed by atoms with Crippen LogP contribution in [0.3, 0.4) is 0 Å². The van der Waals surface area contributed by atoms with Crippen molar-refractivity contribution >= 4 is 33.4 Å². The van der Waals surface area contributed by atoms with Gasteiger partial charge in [0.1, 0.15) is 15.5 Å². The van der Waals surface area contributed by atoms with Crippen LogP contribution in [-0.4, -0.2) is 38.3 Å². The zero-order valence-corrected chi connectivity index (χ0v) is 14.8. The van der Waals surface area contributed by atoms with Gasteiger partial charge >= 0.3 is 0 Å². The van der Waals surface area contributed by atoms with Crippen LogP contribution in [0.1, 0.15) is 41.0 Å². The first-order valence-corrected chi connectivity index (χ1v) is 9.45. The number of thiazole rings is 2. The van der Waals surface area contributed by atoms with Gasteiger partial charge in [0.15, 0.2) is 0 Å². The number of imidazole rings is 1. The average Bonchev–Trinajstić information content (AvgIpc) is 3.25. The minimum Gasteiger partial charge on any atom is -0.337 e. The maximum Gasteiger partial charge on any atom is 0.265 e. The molecule has 4 heterocycles. The molecule has 120 valence electrons. The number of rotatable bonds is 2. The minimum absolute atomic E-state index is 0.0942. The number of piperidine rings is 1. The Morgan fingerprint density at radius 2 is 2.26 bits per heavy atom. The van der Waals surface area contributed by atoms with Crippen molar-refractivity contribution in [1.82, 2.24) is 19.3 Å². The van der Waals surface area contributed by atoms with Crippen LogP contribution in [0.25, 0.3) is 4.83 Å². The van der Waals surface area contributed by atoms with Crippen molar-refractivity contribution in [3.63, 3.8) is 0 Å². The zero-order valence-electron chi connectivity index (χ0n) is 13.2. The molecule has 1 aliphatic heterocycles. The second kappa shape index (κ2) is 5.42. The molecule has 4 rings (SSSR count). The molecule has 1 atom stereocenters. The van der Waals surface area contributed by atoms with Crippen molar-refractivity contribution < 1.29 is 4.79 Å². The van der Waals surface area contributed by atoms with E-state index in [4.69, 9.17) is 4.98 Å². The molecule has 1 aliphatic rings. The third-order valence-corrected chi connectivity index (χ3v) is 6.26. The number of fused-ring (bicyclic) bond motifs is 1. The van der Waals surface area contributed by atoms with E-state index in [-0.39, 0.29) is 11.3 Å². The van der Waals surface area contributed by atoms with Crippen LogP contribution in [0.5, 0.6) is 0 Å². The Kier molecular flexibility index (Phi) is 3.50. The van der Waals surface area contributed by atoms with E-state index in [9.17, 15) is 4.79 Å².